The number of ether oxygens (including phenoxy) is 2. The van der Waals surface area contributed by atoms with Crippen molar-refractivity contribution in [3.05, 3.63) is 81.2 Å². The van der Waals surface area contributed by atoms with Crippen LogP contribution in [0.3, 0.4) is 0 Å². The molecule has 2 aromatic carbocycles. The summed E-state index contributed by atoms with van der Waals surface area (Å²) in [7, 11) is 1.29. The first-order valence-electron chi connectivity index (χ1n) is 11.1. The van der Waals surface area contributed by atoms with Crippen molar-refractivity contribution in [2.24, 2.45) is 0 Å². The zero-order valence-corrected chi connectivity index (χ0v) is 20.9. The summed E-state index contributed by atoms with van der Waals surface area (Å²) in [5, 5.41) is 12.3. The van der Waals surface area contributed by atoms with Gasteiger partial charge in [0.05, 0.1) is 31.5 Å². The van der Waals surface area contributed by atoms with Crippen molar-refractivity contribution in [3.8, 4) is 22.9 Å². The molecule has 1 heterocycles. The minimum Gasteiger partial charge on any atom is -0.495 e. The number of nitrogens with one attached hydrogen (secondary N) is 1. The summed E-state index contributed by atoms with van der Waals surface area (Å²) in [6.45, 7) is 0.463. The van der Waals surface area contributed by atoms with Crippen LogP contribution in [0.5, 0.6) is 5.75 Å². The Morgan fingerprint density at radius 1 is 1.13 bits per heavy atom. The van der Waals surface area contributed by atoms with Gasteiger partial charge >= 0.3 is 6.36 Å². The fourth-order valence-corrected chi connectivity index (χ4v) is 3.85. The molecule has 1 N–H and O–H groups in total. The lowest BCUT2D eigenvalue weighted by atomic mass is 10.00. The number of benzene rings is 2. The van der Waals surface area contributed by atoms with Crippen molar-refractivity contribution >= 4 is 29.0 Å². The van der Waals surface area contributed by atoms with E-state index in [4.69, 9.17) is 16.3 Å². The van der Waals surface area contributed by atoms with E-state index in [-0.39, 0.29) is 28.3 Å². The smallest absolute Gasteiger partial charge is 0.495 e. The second-order valence-corrected chi connectivity index (χ2v) is 8.46. The standard InChI is InChI=1S/C26H21ClF3N3O5/c1-15(34)16-4-7-19(8-5-16)32-25(36)22(9-10-38-26(28,29)30)33-14-23(37-2)21(12-24(33)35)20-11-18(27)6-3-17(20)13-31/h3-8,11-12,14,22H,9-10H2,1-2H3,(H,32,36). The van der Waals surface area contributed by atoms with E-state index < -0.39 is 36.9 Å². The van der Waals surface area contributed by atoms with Crippen LogP contribution in [0.1, 0.15) is 35.3 Å². The minimum atomic E-state index is -4.93. The summed E-state index contributed by atoms with van der Waals surface area (Å²) >= 11 is 6.07. The van der Waals surface area contributed by atoms with E-state index in [1.807, 2.05) is 6.07 Å². The van der Waals surface area contributed by atoms with Crippen LogP contribution in [0.2, 0.25) is 5.02 Å². The molecule has 1 atom stereocenters. The van der Waals surface area contributed by atoms with E-state index in [0.29, 0.717) is 16.1 Å². The molecule has 1 aromatic heterocycles. The number of amides is 1. The Labute approximate surface area is 220 Å². The summed E-state index contributed by atoms with van der Waals surface area (Å²) in [5.41, 5.74) is 0.616. The minimum absolute atomic E-state index is 0.0729. The van der Waals surface area contributed by atoms with E-state index in [2.05, 4.69) is 10.1 Å². The van der Waals surface area contributed by atoms with Gasteiger partial charge in [0.15, 0.2) is 5.78 Å². The summed E-state index contributed by atoms with van der Waals surface area (Å²) in [6, 6.07) is 12.0. The molecule has 198 valence electrons. The first-order valence-corrected chi connectivity index (χ1v) is 11.4. The van der Waals surface area contributed by atoms with Gasteiger partial charge in [0.25, 0.3) is 5.56 Å². The lowest BCUT2D eigenvalue weighted by Crippen LogP contribution is -2.34. The van der Waals surface area contributed by atoms with Crippen molar-refractivity contribution in [3.63, 3.8) is 0 Å². The van der Waals surface area contributed by atoms with Gasteiger partial charge in [-0.25, -0.2) is 0 Å². The summed E-state index contributed by atoms with van der Waals surface area (Å²) in [6.07, 6.45) is -4.27. The maximum Gasteiger partial charge on any atom is 0.522 e. The lowest BCUT2D eigenvalue weighted by Gasteiger charge is -2.22. The maximum atomic E-state index is 13.2. The number of anilines is 1. The molecule has 8 nitrogen and oxygen atoms in total. The maximum absolute atomic E-state index is 13.2. The van der Waals surface area contributed by atoms with Gasteiger partial charge in [0, 0.05) is 39.9 Å². The largest absolute Gasteiger partial charge is 0.522 e. The zero-order valence-electron chi connectivity index (χ0n) is 20.1. The fraction of sp³-hybridized carbons (Fsp3) is 0.231. The van der Waals surface area contributed by atoms with Gasteiger partial charge < -0.3 is 10.1 Å². The third-order valence-corrected chi connectivity index (χ3v) is 5.75. The Balaban J connectivity index is 2.03. The summed E-state index contributed by atoms with van der Waals surface area (Å²) in [4.78, 5) is 37.8. The second-order valence-electron chi connectivity index (χ2n) is 8.02. The number of Topliss-reactive ketones (excluding diaryl/α,β-unsaturated/α-hetero) is 1. The molecular weight excluding hydrogens is 527 g/mol. The normalized spacial score (nSPS) is 11.9. The van der Waals surface area contributed by atoms with Crippen molar-refractivity contribution in [2.75, 3.05) is 19.0 Å². The van der Waals surface area contributed by atoms with Crippen LogP contribution < -0.4 is 15.6 Å². The van der Waals surface area contributed by atoms with E-state index in [1.54, 1.807) is 0 Å². The third kappa shape index (κ3) is 7.00. The molecular formula is C26H21ClF3N3O5. The molecule has 38 heavy (non-hydrogen) atoms. The molecule has 1 amide bonds. The lowest BCUT2D eigenvalue weighted by molar-refractivity contribution is -0.325. The Hall–Kier alpha value is -4.14. The van der Waals surface area contributed by atoms with Gasteiger partial charge in [-0.3, -0.25) is 23.7 Å². The fourth-order valence-electron chi connectivity index (χ4n) is 3.68. The van der Waals surface area contributed by atoms with E-state index in [9.17, 15) is 32.8 Å². The quantitative estimate of drug-likeness (QED) is 0.361. The number of methoxy groups -OCH3 is 1. The third-order valence-electron chi connectivity index (χ3n) is 5.51. The molecule has 0 spiro atoms. The highest BCUT2D eigenvalue weighted by Gasteiger charge is 2.31. The highest BCUT2D eigenvalue weighted by atomic mass is 35.5. The zero-order chi connectivity index (χ0) is 28.0. The molecule has 0 radical (unpaired) electrons. The first-order chi connectivity index (χ1) is 17.9. The van der Waals surface area contributed by atoms with Gasteiger partial charge in [-0.2, -0.15) is 5.26 Å². The molecule has 3 rings (SSSR count). The molecule has 0 saturated carbocycles. The number of ketones is 1. The molecule has 0 aliphatic heterocycles. The highest BCUT2D eigenvalue weighted by molar-refractivity contribution is 6.31. The molecule has 0 fully saturated rings. The monoisotopic (exact) mass is 547 g/mol. The van der Waals surface area contributed by atoms with Crippen LogP contribution >= 0.6 is 11.6 Å². The van der Waals surface area contributed by atoms with E-state index in [0.717, 1.165) is 10.6 Å². The Kier molecular flexibility index (Phi) is 8.93. The van der Waals surface area contributed by atoms with Gasteiger partial charge in [0.2, 0.25) is 5.91 Å². The topological polar surface area (TPSA) is 110 Å². The molecule has 0 aliphatic rings. The number of nitriles is 1. The number of rotatable bonds is 9. The SMILES string of the molecule is COc1cn(C(CCOC(F)(F)F)C(=O)Nc2ccc(C(C)=O)cc2)c(=O)cc1-c1cc(Cl)ccc1C#N. The summed E-state index contributed by atoms with van der Waals surface area (Å²) in [5.74, 6) is -0.921. The average molecular weight is 548 g/mol. The molecule has 0 saturated heterocycles. The van der Waals surface area contributed by atoms with Crippen LogP contribution in [-0.2, 0) is 9.53 Å². The molecule has 0 bridgehead atoms. The number of hydrogen-bond acceptors (Lipinski definition) is 6. The van der Waals surface area contributed by atoms with Crippen LogP contribution in [0, 0.1) is 11.3 Å². The predicted molar refractivity (Wildman–Crippen MR) is 133 cm³/mol. The number of hydrogen-bond donors (Lipinski definition) is 1. The van der Waals surface area contributed by atoms with Crippen molar-refractivity contribution in [1.82, 2.24) is 4.57 Å². The number of aromatic nitrogens is 1. The Morgan fingerprint density at radius 3 is 2.39 bits per heavy atom. The first kappa shape index (κ1) is 28.4. The van der Waals surface area contributed by atoms with Crippen molar-refractivity contribution < 1.29 is 32.2 Å². The molecule has 0 aliphatic carbocycles. The number of alkyl halides is 3. The average Bonchev–Trinajstić information content (AvgIpc) is 2.86. The van der Waals surface area contributed by atoms with Gasteiger partial charge in [-0.1, -0.05) is 11.6 Å². The molecule has 3 aromatic rings. The number of carbonyl (C=O) groups excluding carboxylic acids is 2. The number of halogens is 4. The number of pyridine rings is 1. The van der Waals surface area contributed by atoms with Gasteiger partial charge in [-0.15, -0.1) is 13.2 Å². The molecule has 12 heteroatoms. The predicted octanol–water partition coefficient (Wildman–Crippen LogP) is 5.36. The second kappa shape index (κ2) is 11.9. The van der Waals surface area contributed by atoms with Gasteiger partial charge in [-0.05, 0) is 49.4 Å². The van der Waals surface area contributed by atoms with Gasteiger partial charge in [0.1, 0.15) is 11.8 Å². The van der Waals surface area contributed by atoms with Crippen molar-refractivity contribution in [2.45, 2.75) is 25.7 Å². The Morgan fingerprint density at radius 2 is 1.82 bits per heavy atom. The van der Waals surface area contributed by atoms with E-state index in [1.165, 1.54) is 62.7 Å². The Bertz CT molecular complexity index is 1450. The highest BCUT2D eigenvalue weighted by Crippen LogP contribution is 2.33. The van der Waals surface area contributed by atoms with Crippen LogP contribution in [0.15, 0.2) is 59.5 Å². The van der Waals surface area contributed by atoms with Crippen LogP contribution in [0.25, 0.3) is 11.1 Å². The van der Waals surface area contributed by atoms with E-state index >= 15 is 0 Å². The number of carbonyl (C=O) groups is 2. The van der Waals surface area contributed by atoms with Crippen molar-refractivity contribution in [1.29, 1.82) is 5.26 Å². The van der Waals surface area contributed by atoms with Crippen LogP contribution in [0.4, 0.5) is 18.9 Å². The van der Waals surface area contributed by atoms with Crippen LogP contribution in [-0.4, -0.2) is 36.3 Å². The molecule has 1 unspecified atom stereocenters. The number of nitrogens with zero attached hydrogens (tertiary/aromatic N) is 2. The summed E-state index contributed by atoms with van der Waals surface area (Å²) < 4.78 is 48.0.